The summed E-state index contributed by atoms with van der Waals surface area (Å²) in [5.41, 5.74) is 6.72. The average Bonchev–Trinajstić information content (AvgIpc) is 2.85. The van der Waals surface area contributed by atoms with Crippen LogP contribution in [0.1, 0.15) is 42.5 Å². The summed E-state index contributed by atoms with van der Waals surface area (Å²) in [5, 5.41) is 0. The Morgan fingerprint density at radius 3 is 3.00 bits per heavy atom. The van der Waals surface area contributed by atoms with Crippen LogP contribution in [0, 0.1) is 6.92 Å². The van der Waals surface area contributed by atoms with Gasteiger partial charge in [0, 0.05) is 6.20 Å². The number of aryl methyl sites for hydroxylation is 1. The molecule has 3 rings (SSSR count). The van der Waals surface area contributed by atoms with Crippen LogP contribution >= 0.6 is 0 Å². The molecule has 2 aromatic rings. The van der Waals surface area contributed by atoms with Crippen LogP contribution in [0.25, 0.3) is 0 Å². The lowest BCUT2D eigenvalue weighted by Gasteiger charge is -2.34. The van der Waals surface area contributed by atoms with Crippen molar-refractivity contribution in [2.75, 3.05) is 12.3 Å². The maximum atomic E-state index is 5.71. The van der Waals surface area contributed by atoms with Gasteiger partial charge >= 0.3 is 0 Å². The zero-order valence-electron chi connectivity index (χ0n) is 11.7. The average molecular weight is 272 g/mol. The van der Waals surface area contributed by atoms with Crippen LogP contribution < -0.4 is 5.73 Å². The van der Waals surface area contributed by atoms with E-state index in [-0.39, 0.29) is 0 Å². The summed E-state index contributed by atoms with van der Waals surface area (Å²) in [7, 11) is 0. The van der Waals surface area contributed by atoms with E-state index in [0.29, 0.717) is 12.0 Å². The number of nitrogen functional groups attached to an aromatic ring is 1. The van der Waals surface area contributed by atoms with Crippen molar-refractivity contribution < 1.29 is 4.42 Å². The van der Waals surface area contributed by atoms with Gasteiger partial charge in [0.1, 0.15) is 11.5 Å². The molecule has 106 valence electrons. The third-order valence-electron chi connectivity index (χ3n) is 3.81. The molecular formula is C15H20N4O. The molecule has 5 heteroatoms. The molecule has 1 fully saturated rings. The van der Waals surface area contributed by atoms with Crippen molar-refractivity contribution in [2.24, 2.45) is 0 Å². The fourth-order valence-corrected chi connectivity index (χ4v) is 2.86. The molecule has 2 aromatic heterocycles. The second-order valence-electron chi connectivity index (χ2n) is 5.33. The third kappa shape index (κ3) is 2.82. The van der Waals surface area contributed by atoms with Crippen LogP contribution in [0.15, 0.2) is 28.8 Å². The number of aromatic nitrogens is 2. The number of rotatable bonds is 3. The lowest BCUT2D eigenvalue weighted by molar-refractivity contribution is 0.127. The quantitative estimate of drug-likeness (QED) is 0.930. The molecule has 1 aliphatic rings. The zero-order chi connectivity index (χ0) is 13.9. The van der Waals surface area contributed by atoms with Gasteiger partial charge in [0.05, 0.1) is 18.3 Å². The molecule has 1 aliphatic heterocycles. The molecule has 5 nitrogen and oxygen atoms in total. The molecule has 1 saturated heterocycles. The van der Waals surface area contributed by atoms with E-state index in [1.807, 2.05) is 19.1 Å². The summed E-state index contributed by atoms with van der Waals surface area (Å²) in [5.74, 6) is 2.32. The van der Waals surface area contributed by atoms with E-state index in [1.54, 1.807) is 6.20 Å². The highest BCUT2D eigenvalue weighted by Gasteiger charge is 2.26. The minimum Gasteiger partial charge on any atom is -0.465 e. The minimum absolute atomic E-state index is 0.305. The van der Waals surface area contributed by atoms with Gasteiger partial charge in [-0.1, -0.05) is 6.42 Å². The van der Waals surface area contributed by atoms with Crippen LogP contribution in [0.2, 0.25) is 0 Å². The van der Waals surface area contributed by atoms with Crippen molar-refractivity contribution >= 4 is 5.95 Å². The number of likely N-dealkylation sites (tertiary alicyclic amines) is 1. The van der Waals surface area contributed by atoms with Crippen LogP contribution in [0.3, 0.4) is 0 Å². The summed E-state index contributed by atoms with van der Waals surface area (Å²) in [6, 6.07) is 6.33. The second kappa shape index (κ2) is 5.63. The molecule has 3 heterocycles. The molecule has 0 amide bonds. The van der Waals surface area contributed by atoms with E-state index in [0.717, 1.165) is 36.7 Å². The Balaban J connectivity index is 1.80. The van der Waals surface area contributed by atoms with Crippen molar-refractivity contribution in [3.63, 3.8) is 0 Å². The Hall–Kier alpha value is -1.88. The normalized spacial score (nSPS) is 20.1. The van der Waals surface area contributed by atoms with Gasteiger partial charge < -0.3 is 10.2 Å². The van der Waals surface area contributed by atoms with Gasteiger partial charge in [0.15, 0.2) is 0 Å². The van der Waals surface area contributed by atoms with Crippen LogP contribution in [0.5, 0.6) is 0 Å². The third-order valence-corrected chi connectivity index (χ3v) is 3.81. The summed E-state index contributed by atoms with van der Waals surface area (Å²) >= 11 is 0. The molecule has 1 unspecified atom stereocenters. The monoisotopic (exact) mass is 272 g/mol. The van der Waals surface area contributed by atoms with E-state index in [1.165, 1.54) is 12.8 Å². The Bertz CT molecular complexity index is 581. The van der Waals surface area contributed by atoms with Gasteiger partial charge in [-0.25, -0.2) is 9.97 Å². The number of furan rings is 1. The molecule has 0 saturated carbocycles. The molecule has 20 heavy (non-hydrogen) atoms. The first-order valence-corrected chi connectivity index (χ1v) is 7.10. The van der Waals surface area contributed by atoms with Crippen molar-refractivity contribution in [3.05, 3.63) is 41.6 Å². The molecule has 2 N–H and O–H groups in total. The fourth-order valence-electron chi connectivity index (χ4n) is 2.86. The summed E-state index contributed by atoms with van der Waals surface area (Å²) in [6.45, 7) is 3.86. The topological polar surface area (TPSA) is 68.2 Å². The van der Waals surface area contributed by atoms with E-state index >= 15 is 0 Å². The number of hydrogen-bond acceptors (Lipinski definition) is 5. The smallest absolute Gasteiger partial charge is 0.220 e. The zero-order valence-corrected chi connectivity index (χ0v) is 11.7. The number of nitrogens with zero attached hydrogens (tertiary/aromatic N) is 3. The van der Waals surface area contributed by atoms with Crippen LogP contribution in [-0.4, -0.2) is 21.4 Å². The number of hydrogen-bond donors (Lipinski definition) is 1. The number of anilines is 1. The molecule has 1 atom stereocenters. The summed E-state index contributed by atoms with van der Waals surface area (Å²) < 4.78 is 5.70. The van der Waals surface area contributed by atoms with Crippen molar-refractivity contribution in [2.45, 2.75) is 38.8 Å². The molecule has 0 aliphatic carbocycles. The lowest BCUT2D eigenvalue weighted by atomic mass is 9.99. The van der Waals surface area contributed by atoms with Gasteiger partial charge in [0.2, 0.25) is 5.95 Å². The molecular weight excluding hydrogens is 252 g/mol. The van der Waals surface area contributed by atoms with Gasteiger partial charge in [0.25, 0.3) is 0 Å². The first-order valence-electron chi connectivity index (χ1n) is 7.10. The van der Waals surface area contributed by atoms with Crippen molar-refractivity contribution in [1.29, 1.82) is 0 Å². The van der Waals surface area contributed by atoms with E-state index < -0.39 is 0 Å². The number of piperidine rings is 1. The Labute approximate surface area is 118 Å². The summed E-state index contributed by atoms with van der Waals surface area (Å²) in [6.07, 6.45) is 5.29. The standard InChI is InChI=1S/C15H20N4O/c1-11-5-6-12(20-11)10-19-9-3-2-4-14(19)13-7-8-17-15(16)18-13/h5-8,14H,2-4,9-10H2,1H3,(H2,16,17,18). The predicted octanol–water partition coefficient (Wildman–Crippen LogP) is 2.69. The SMILES string of the molecule is Cc1ccc(CN2CCCCC2c2ccnc(N)n2)o1. The highest BCUT2D eigenvalue weighted by atomic mass is 16.3. The maximum Gasteiger partial charge on any atom is 0.220 e. The Kier molecular flexibility index (Phi) is 3.69. The highest BCUT2D eigenvalue weighted by molar-refractivity contribution is 5.20. The lowest BCUT2D eigenvalue weighted by Crippen LogP contribution is -2.33. The van der Waals surface area contributed by atoms with E-state index in [2.05, 4.69) is 20.9 Å². The molecule has 0 spiro atoms. The highest BCUT2D eigenvalue weighted by Crippen LogP contribution is 2.31. The van der Waals surface area contributed by atoms with Gasteiger partial charge in [-0.15, -0.1) is 0 Å². The van der Waals surface area contributed by atoms with Crippen LogP contribution in [0.4, 0.5) is 5.95 Å². The van der Waals surface area contributed by atoms with Crippen LogP contribution in [-0.2, 0) is 6.54 Å². The van der Waals surface area contributed by atoms with Gasteiger partial charge in [-0.3, -0.25) is 4.90 Å². The largest absolute Gasteiger partial charge is 0.465 e. The Morgan fingerprint density at radius 2 is 2.25 bits per heavy atom. The van der Waals surface area contributed by atoms with Gasteiger partial charge in [-0.2, -0.15) is 0 Å². The van der Waals surface area contributed by atoms with E-state index in [9.17, 15) is 0 Å². The Morgan fingerprint density at radius 1 is 1.35 bits per heavy atom. The first kappa shape index (κ1) is 13.1. The molecule has 0 bridgehead atoms. The van der Waals surface area contributed by atoms with Gasteiger partial charge in [-0.05, 0) is 44.5 Å². The van der Waals surface area contributed by atoms with Crippen molar-refractivity contribution in [3.8, 4) is 0 Å². The fraction of sp³-hybridized carbons (Fsp3) is 0.467. The molecule has 0 radical (unpaired) electrons. The molecule has 0 aromatic carbocycles. The summed E-state index contributed by atoms with van der Waals surface area (Å²) in [4.78, 5) is 10.8. The second-order valence-corrected chi connectivity index (χ2v) is 5.33. The number of nitrogens with two attached hydrogens (primary N) is 1. The minimum atomic E-state index is 0.305. The first-order chi connectivity index (χ1) is 9.72. The predicted molar refractivity (Wildman–Crippen MR) is 76.9 cm³/mol. The van der Waals surface area contributed by atoms with E-state index in [4.69, 9.17) is 10.2 Å². The van der Waals surface area contributed by atoms with Crippen molar-refractivity contribution in [1.82, 2.24) is 14.9 Å². The maximum absolute atomic E-state index is 5.71.